The summed E-state index contributed by atoms with van der Waals surface area (Å²) in [6.45, 7) is 5.02. The SMILES string of the molecule is CCO[C@H]1CN(c2nc(-c3ncnn3C)c(C(=O)O)s2)CC[C@H]1NC(=O)c1[nH]c(C)c(Cl)c1Cl. The van der Waals surface area contributed by atoms with E-state index in [2.05, 4.69) is 25.4 Å². The summed E-state index contributed by atoms with van der Waals surface area (Å²) in [6, 6.07) is -0.278. The van der Waals surface area contributed by atoms with E-state index in [0.717, 1.165) is 11.3 Å². The molecule has 1 saturated heterocycles. The summed E-state index contributed by atoms with van der Waals surface area (Å²) in [5, 5.41) is 17.7. The van der Waals surface area contributed by atoms with Crippen molar-refractivity contribution >= 4 is 51.5 Å². The number of thiazole rings is 1. The Hall–Kier alpha value is -2.67. The summed E-state index contributed by atoms with van der Waals surface area (Å²) < 4.78 is 7.41. The van der Waals surface area contributed by atoms with E-state index in [1.165, 1.54) is 11.0 Å². The van der Waals surface area contributed by atoms with Crippen molar-refractivity contribution in [1.82, 2.24) is 30.0 Å². The minimum Gasteiger partial charge on any atom is -0.477 e. The lowest BCUT2D eigenvalue weighted by Gasteiger charge is -2.38. The number of anilines is 1. The number of nitrogens with zero attached hydrogens (tertiary/aromatic N) is 5. The smallest absolute Gasteiger partial charge is 0.348 e. The van der Waals surface area contributed by atoms with Crippen LogP contribution in [0.5, 0.6) is 0 Å². The van der Waals surface area contributed by atoms with Gasteiger partial charge in [0, 0.05) is 32.4 Å². The quantitative estimate of drug-likeness (QED) is 0.426. The molecule has 0 aliphatic carbocycles. The van der Waals surface area contributed by atoms with E-state index in [1.54, 1.807) is 14.0 Å². The van der Waals surface area contributed by atoms with Crippen LogP contribution in [0.3, 0.4) is 0 Å². The minimum atomic E-state index is -1.08. The maximum absolute atomic E-state index is 12.8. The number of ether oxygens (including phenoxy) is 1. The van der Waals surface area contributed by atoms with E-state index >= 15 is 0 Å². The molecule has 2 atom stereocenters. The third-order valence-electron chi connectivity index (χ3n) is 5.54. The maximum atomic E-state index is 12.8. The molecule has 11 nitrogen and oxygen atoms in total. The normalized spacial score (nSPS) is 18.3. The first-order valence-electron chi connectivity index (χ1n) is 10.5. The van der Waals surface area contributed by atoms with Crippen LogP contribution < -0.4 is 10.2 Å². The third kappa shape index (κ3) is 4.63. The molecule has 1 aliphatic rings. The number of carbonyl (C=O) groups is 2. The third-order valence-corrected chi connectivity index (χ3v) is 7.59. The van der Waals surface area contributed by atoms with Crippen LogP contribution >= 0.6 is 34.5 Å². The first kappa shape index (κ1) is 24.5. The molecule has 0 bridgehead atoms. The standard InChI is InChI=1S/C20H23Cl2N7O4S/c1-4-33-11-7-29(6-5-10(11)26-18(30)14-13(22)12(21)9(2)25-14)20-27-15(16(34-20)19(31)32)17-23-8-24-28(17)3/h8,10-11,25H,4-7H2,1-3H3,(H,26,30)(H,31,32)/t10-,11+/m1/s1. The van der Waals surface area contributed by atoms with Gasteiger partial charge in [-0.3, -0.25) is 4.79 Å². The predicted octanol–water partition coefficient (Wildman–Crippen LogP) is 2.99. The molecule has 1 fully saturated rings. The number of aromatic amines is 1. The van der Waals surface area contributed by atoms with Crippen molar-refractivity contribution in [2.24, 2.45) is 7.05 Å². The Morgan fingerprint density at radius 3 is 2.74 bits per heavy atom. The van der Waals surface area contributed by atoms with Crippen molar-refractivity contribution in [3.63, 3.8) is 0 Å². The zero-order valence-electron chi connectivity index (χ0n) is 18.6. The molecule has 0 radical (unpaired) electrons. The number of carboxylic acids is 1. The summed E-state index contributed by atoms with van der Waals surface area (Å²) in [5.74, 6) is -1.07. The Morgan fingerprint density at radius 1 is 1.38 bits per heavy atom. The molecule has 3 N–H and O–H groups in total. The molecule has 0 aromatic carbocycles. The van der Waals surface area contributed by atoms with E-state index in [4.69, 9.17) is 27.9 Å². The topological polar surface area (TPSA) is 138 Å². The molecule has 0 spiro atoms. The number of aromatic carboxylic acids is 1. The Bertz CT molecular complexity index is 1220. The van der Waals surface area contributed by atoms with Gasteiger partial charge < -0.3 is 25.0 Å². The van der Waals surface area contributed by atoms with Gasteiger partial charge in [0.2, 0.25) is 0 Å². The van der Waals surface area contributed by atoms with Crippen LogP contribution in [0, 0.1) is 6.92 Å². The van der Waals surface area contributed by atoms with Crippen LogP contribution in [-0.4, -0.2) is 73.6 Å². The molecule has 3 aromatic heterocycles. The number of carboxylic acid groups (broad SMARTS) is 1. The van der Waals surface area contributed by atoms with Crippen LogP contribution in [0.15, 0.2) is 6.33 Å². The Kier molecular flexibility index (Phi) is 7.12. The molecule has 14 heteroatoms. The zero-order valence-corrected chi connectivity index (χ0v) is 21.0. The van der Waals surface area contributed by atoms with E-state index < -0.39 is 5.97 Å². The van der Waals surface area contributed by atoms with Gasteiger partial charge in [0.25, 0.3) is 5.91 Å². The average Bonchev–Trinajstić information content (AvgIpc) is 3.49. The summed E-state index contributed by atoms with van der Waals surface area (Å²) in [4.78, 5) is 38.4. The molecule has 1 amide bonds. The lowest BCUT2D eigenvalue weighted by molar-refractivity contribution is 0.0272. The first-order chi connectivity index (χ1) is 16.2. The highest BCUT2D eigenvalue weighted by Gasteiger charge is 2.34. The lowest BCUT2D eigenvalue weighted by Crippen LogP contribution is -2.55. The van der Waals surface area contributed by atoms with E-state index in [1.807, 2.05) is 11.8 Å². The average molecular weight is 528 g/mol. The lowest BCUT2D eigenvalue weighted by atomic mass is 10.0. The second-order valence-electron chi connectivity index (χ2n) is 7.75. The second-order valence-corrected chi connectivity index (χ2v) is 9.48. The fraction of sp³-hybridized carbons (Fsp3) is 0.450. The summed E-state index contributed by atoms with van der Waals surface area (Å²) in [5.41, 5.74) is 1.09. The first-order valence-corrected chi connectivity index (χ1v) is 12.1. The van der Waals surface area contributed by atoms with Crippen molar-refractivity contribution in [2.75, 3.05) is 24.6 Å². The molecule has 182 valence electrons. The fourth-order valence-electron chi connectivity index (χ4n) is 3.86. The minimum absolute atomic E-state index is 0.0862. The summed E-state index contributed by atoms with van der Waals surface area (Å²) in [7, 11) is 1.68. The molecule has 34 heavy (non-hydrogen) atoms. The van der Waals surface area contributed by atoms with Gasteiger partial charge in [-0.05, 0) is 20.3 Å². The van der Waals surface area contributed by atoms with Crippen LogP contribution in [0.4, 0.5) is 5.13 Å². The number of carbonyl (C=O) groups excluding carboxylic acids is 1. The van der Waals surface area contributed by atoms with Gasteiger partial charge in [-0.1, -0.05) is 34.5 Å². The maximum Gasteiger partial charge on any atom is 0.348 e. The predicted molar refractivity (Wildman–Crippen MR) is 128 cm³/mol. The number of nitrogens with one attached hydrogen (secondary N) is 2. The van der Waals surface area contributed by atoms with Crippen LogP contribution in [0.25, 0.3) is 11.5 Å². The van der Waals surface area contributed by atoms with Crippen molar-refractivity contribution in [1.29, 1.82) is 0 Å². The Morgan fingerprint density at radius 2 is 2.15 bits per heavy atom. The van der Waals surface area contributed by atoms with E-state index in [9.17, 15) is 14.7 Å². The van der Waals surface area contributed by atoms with E-state index in [-0.39, 0.29) is 39.3 Å². The number of hydrogen-bond acceptors (Lipinski definition) is 8. The van der Waals surface area contributed by atoms with Crippen molar-refractivity contribution in [3.8, 4) is 11.5 Å². The number of amides is 1. The molecule has 0 saturated carbocycles. The van der Waals surface area contributed by atoms with Crippen LogP contribution in [-0.2, 0) is 11.8 Å². The molecule has 4 heterocycles. The fourth-order valence-corrected chi connectivity index (χ4v) is 5.21. The molecule has 1 aliphatic heterocycles. The summed E-state index contributed by atoms with van der Waals surface area (Å²) in [6.07, 6.45) is 1.57. The number of rotatable bonds is 7. The number of halogens is 2. The number of H-pyrrole nitrogens is 1. The number of aryl methyl sites for hydroxylation is 2. The number of hydrogen-bond donors (Lipinski definition) is 3. The van der Waals surface area contributed by atoms with Gasteiger partial charge in [0.1, 0.15) is 22.6 Å². The van der Waals surface area contributed by atoms with Crippen molar-refractivity contribution in [2.45, 2.75) is 32.4 Å². The second kappa shape index (κ2) is 9.90. The Balaban J connectivity index is 1.54. The van der Waals surface area contributed by atoms with Gasteiger partial charge in [0.15, 0.2) is 11.0 Å². The largest absolute Gasteiger partial charge is 0.477 e. The van der Waals surface area contributed by atoms with Crippen molar-refractivity contribution < 1.29 is 19.4 Å². The monoisotopic (exact) mass is 527 g/mol. The van der Waals surface area contributed by atoms with Crippen LogP contribution in [0.1, 0.15) is 39.2 Å². The number of aromatic nitrogens is 5. The molecular weight excluding hydrogens is 505 g/mol. The van der Waals surface area contributed by atoms with Gasteiger partial charge in [0.05, 0.1) is 22.2 Å². The van der Waals surface area contributed by atoms with Gasteiger partial charge in [-0.25, -0.2) is 19.4 Å². The van der Waals surface area contributed by atoms with Gasteiger partial charge >= 0.3 is 5.97 Å². The van der Waals surface area contributed by atoms with Gasteiger partial charge in [-0.2, -0.15) is 5.10 Å². The highest BCUT2D eigenvalue weighted by Crippen LogP contribution is 2.34. The highest BCUT2D eigenvalue weighted by atomic mass is 35.5. The highest BCUT2D eigenvalue weighted by molar-refractivity contribution is 7.17. The molecule has 3 aromatic rings. The molecular formula is C20H23Cl2N7O4S. The Labute approximate surface area is 209 Å². The molecule has 4 rings (SSSR count). The molecule has 0 unspecified atom stereocenters. The zero-order chi connectivity index (χ0) is 24.6. The van der Waals surface area contributed by atoms with Crippen molar-refractivity contribution in [3.05, 3.63) is 32.6 Å². The van der Waals surface area contributed by atoms with Crippen LogP contribution in [0.2, 0.25) is 10.0 Å². The van der Waals surface area contributed by atoms with E-state index in [0.29, 0.717) is 47.8 Å². The summed E-state index contributed by atoms with van der Waals surface area (Å²) >= 11 is 13.4. The number of piperidine rings is 1. The van der Waals surface area contributed by atoms with Gasteiger partial charge in [-0.15, -0.1) is 0 Å².